The van der Waals surface area contributed by atoms with Crippen LogP contribution < -0.4 is 9.62 Å². The predicted molar refractivity (Wildman–Crippen MR) is 163 cm³/mol. The molecule has 1 atom stereocenters. The van der Waals surface area contributed by atoms with Crippen molar-refractivity contribution < 1.29 is 18.0 Å². The fourth-order valence-electron chi connectivity index (χ4n) is 5.04. The molecule has 0 radical (unpaired) electrons. The number of anilines is 1. The van der Waals surface area contributed by atoms with Gasteiger partial charge in [-0.1, -0.05) is 88.4 Å². The normalized spacial score (nSPS) is 15.4. The molecule has 2 aromatic rings. The smallest absolute Gasteiger partial charge is 0.244 e. The Morgan fingerprint density at radius 3 is 2.17 bits per heavy atom. The van der Waals surface area contributed by atoms with Crippen LogP contribution in [0.5, 0.6) is 0 Å². The van der Waals surface area contributed by atoms with Gasteiger partial charge in [0.1, 0.15) is 12.6 Å². The van der Waals surface area contributed by atoms with Gasteiger partial charge in [0.05, 0.1) is 11.9 Å². The van der Waals surface area contributed by atoms with E-state index >= 15 is 0 Å². The molecule has 0 heterocycles. The van der Waals surface area contributed by atoms with Gasteiger partial charge in [0, 0.05) is 22.6 Å². The Morgan fingerprint density at radius 1 is 1.02 bits per heavy atom. The molecule has 3 rings (SSSR count). The van der Waals surface area contributed by atoms with E-state index in [9.17, 15) is 18.0 Å². The summed E-state index contributed by atoms with van der Waals surface area (Å²) >= 11 is 12.5. The van der Waals surface area contributed by atoms with Crippen LogP contribution in [0.1, 0.15) is 77.3 Å². The lowest BCUT2D eigenvalue weighted by atomic mass is 9.87. The second-order valence-electron chi connectivity index (χ2n) is 11.6. The van der Waals surface area contributed by atoms with Crippen LogP contribution in [0.4, 0.5) is 5.69 Å². The molecule has 10 heteroatoms. The molecular weight excluding hydrogens is 569 g/mol. The van der Waals surface area contributed by atoms with Gasteiger partial charge in [-0.3, -0.25) is 13.9 Å². The average Bonchev–Trinajstić information content (AvgIpc) is 2.87. The van der Waals surface area contributed by atoms with E-state index in [1.165, 1.54) is 4.90 Å². The molecule has 1 aliphatic carbocycles. The first-order chi connectivity index (χ1) is 18.7. The van der Waals surface area contributed by atoms with E-state index in [1.807, 2.05) is 19.1 Å². The van der Waals surface area contributed by atoms with E-state index in [2.05, 4.69) is 26.1 Å². The molecule has 7 nitrogen and oxygen atoms in total. The maximum absolute atomic E-state index is 14.0. The van der Waals surface area contributed by atoms with Crippen LogP contribution in [-0.4, -0.2) is 50.0 Å². The minimum atomic E-state index is -3.82. The van der Waals surface area contributed by atoms with Gasteiger partial charge in [-0.15, -0.1) is 0 Å². The number of amides is 2. The lowest BCUT2D eigenvalue weighted by molar-refractivity contribution is -0.140. The summed E-state index contributed by atoms with van der Waals surface area (Å²) in [5, 5.41) is 3.95. The van der Waals surface area contributed by atoms with E-state index in [4.69, 9.17) is 23.2 Å². The zero-order valence-electron chi connectivity index (χ0n) is 24.0. The van der Waals surface area contributed by atoms with E-state index in [0.717, 1.165) is 48.2 Å². The summed E-state index contributed by atoms with van der Waals surface area (Å²) < 4.78 is 26.9. The molecule has 220 valence electrons. The van der Waals surface area contributed by atoms with E-state index in [1.54, 1.807) is 30.3 Å². The highest BCUT2D eigenvalue weighted by Gasteiger charge is 2.33. The molecular formula is C30H41Cl2N3O4S. The molecule has 1 aliphatic rings. The summed E-state index contributed by atoms with van der Waals surface area (Å²) in [5.74, 6) is -0.741. The van der Waals surface area contributed by atoms with Gasteiger partial charge in [-0.2, -0.15) is 0 Å². The molecule has 0 aromatic heterocycles. The van der Waals surface area contributed by atoms with Crippen molar-refractivity contribution >= 4 is 50.7 Å². The Labute approximate surface area is 249 Å². The standard InChI is InChI=1S/C30H41Cl2N3O4S/c1-6-27(29(37)33-24-10-8-7-9-11-24)34(19-21-12-15-23(31)18-26(21)32)28(36)20-35(40(5,38)39)25-16-13-22(14-17-25)30(2,3)4/h12-18,24,27H,6-11,19-20H2,1-5H3,(H,33,37)/t27-/m1/s1. The van der Waals surface area contributed by atoms with Gasteiger partial charge >= 0.3 is 0 Å². The summed E-state index contributed by atoms with van der Waals surface area (Å²) in [6.45, 7) is 7.64. The molecule has 0 spiro atoms. The number of hydrogen-bond acceptors (Lipinski definition) is 4. The summed E-state index contributed by atoms with van der Waals surface area (Å²) in [4.78, 5) is 28.9. The van der Waals surface area contributed by atoms with Crippen molar-refractivity contribution in [3.05, 3.63) is 63.6 Å². The van der Waals surface area contributed by atoms with E-state index in [-0.39, 0.29) is 23.9 Å². The second kappa shape index (κ2) is 13.6. The third kappa shape index (κ3) is 8.60. The van der Waals surface area contributed by atoms with Crippen LogP contribution in [0, 0.1) is 0 Å². The molecule has 0 bridgehead atoms. The van der Waals surface area contributed by atoms with Crippen molar-refractivity contribution in [2.24, 2.45) is 0 Å². The van der Waals surface area contributed by atoms with Gasteiger partial charge in [0.2, 0.25) is 21.8 Å². The summed E-state index contributed by atoms with van der Waals surface area (Å²) in [5.41, 5.74) is 1.93. The molecule has 0 aliphatic heterocycles. The first kappa shape index (κ1) is 32.2. The quantitative estimate of drug-likeness (QED) is 0.342. The third-order valence-corrected chi connectivity index (χ3v) is 9.12. The molecule has 1 fully saturated rings. The van der Waals surface area contributed by atoms with E-state index in [0.29, 0.717) is 27.7 Å². The molecule has 2 amide bonds. The largest absolute Gasteiger partial charge is 0.352 e. The molecule has 2 aromatic carbocycles. The van der Waals surface area contributed by atoms with Gasteiger partial charge in [0.15, 0.2) is 0 Å². The van der Waals surface area contributed by atoms with Crippen molar-refractivity contribution in [3.8, 4) is 0 Å². The molecule has 1 N–H and O–H groups in total. The minimum absolute atomic E-state index is 0.0337. The molecule has 1 saturated carbocycles. The molecule has 0 saturated heterocycles. The lowest BCUT2D eigenvalue weighted by Crippen LogP contribution is -2.54. The van der Waals surface area contributed by atoms with Crippen molar-refractivity contribution in [2.75, 3.05) is 17.1 Å². The summed E-state index contributed by atoms with van der Waals surface area (Å²) in [6.07, 6.45) is 6.52. The van der Waals surface area contributed by atoms with Gasteiger partial charge < -0.3 is 10.2 Å². The molecule has 40 heavy (non-hydrogen) atoms. The number of halogens is 2. The fraction of sp³-hybridized carbons (Fsp3) is 0.533. The minimum Gasteiger partial charge on any atom is -0.352 e. The Bertz CT molecular complexity index is 1290. The maximum atomic E-state index is 14.0. The monoisotopic (exact) mass is 609 g/mol. The SMILES string of the molecule is CC[C@H](C(=O)NC1CCCCC1)N(Cc1ccc(Cl)cc1Cl)C(=O)CN(c1ccc(C(C)(C)C)cc1)S(C)(=O)=O. The second-order valence-corrected chi connectivity index (χ2v) is 14.3. The fourth-order valence-corrected chi connectivity index (χ4v) is 6.36. The number of nitrogens with zero attached hydrogens (tertiary/aromatic N) is 2. The number of carbonyl (C=O) groups is 2. The highest BCUT2D eigenvalue weighted by Crippen LogP contribution is 2.28. The van der Waals surface area contributed by atoms with E-state index < -0.39 is 28.5 Å². The zero-order chi connectivity index (χ0) is 29.7. The van der Waals surface area contributed by atoms with Crippen LogP contribution in [0.3, 0.4) is 0 Å². The predicted octanol–water partition coefficient (Wildman–Crippen LogP) is 6.31. The number of sulfonamides is 1. The van der Waals surface area contributed by atoms with Crippen LogP contribution in [0.25, 0.3) is 0 Å². The number of benzene rings is 2. The van der Waals surface area contributed by atoms with Crippen molar-refractivity contribution in [1.82, 2.24) is 10.2 Å². The highest BCUT2D eigenvalue weighted by atomic mass is 35.5. The Hall–Kier alpha value is -2.29. The summed E-state index contributed by atoms with van der Waals surface area (Å²) in [7, 11) is -3.82. The van der Waals surface area contributed by atoms with Crippen molar-refractivity contribution in [1.29, 1.82) is 0 Å². The average molecular weight is 611 g/mol. The Kier molecular flexibility index (Phi) is 10.9. The molecule has 0 unspecified atom stereocenters. The number of nitrogens with one attached hydrogen (secondary N) is 1. The number of carbonyl (C=O) groups excluding carboxylic acids is 2. The number of hydrogen-bond donors (Lipinski definition) is 1. The van der Waals surface area contributed by atoms with Gasteiger partial charge in [-0.05, 0) is 60.1 Å². The maximum Gasteiger partial charge on any atom is 0.244 e. The lowest BCUT2D eigenvalue weighted by Gasteiger charge is -2.34. The topological polar surface area (TPSA) is 86.8 Å². The van der Waals surface area contributed by atoms with Crippen LogP contribution in [-0.2, 0) is 31.6 Å². The highest BCUT2D eigenvalue weighted by molar-refractivity contribution is 7.92. The van der Waals surface area contributed by atoms with Crippen molar-refractivity contribution in [3.63, 3.8) is 0 Å². The zero-order valence-corrected chi connectivity index (χ0v) is 26.4. The first-order valence-corrected chi connectivity index (χ1v) is 16.4. The third-order valence-electron chi connectivity index (χ3n) is 7.39. The van der Waals surface area contributed by atoms with Gasteiger partial charge in [0.25, 0.3) is 0 Å². The summed E-state index contributed by atoms with van der Waals surface area (Å²) in [6, 6.07) is 11.4. The Morgan fingerprint density at radius 2 is 1.65 bits per heavy atom. The van der Waals surface area contributed by atoms with Crippen LogP contribution >= 0.6 is 23.2 Å². The van der Waals surface area contributed by atoms with Crippen LogP contribution in [0.2, 0.25) is 10.0 Å². The number of rotatable bonds is 10. The first-order valence-electron chi connectivity index (χ1n) is 13.8. The Balaban J connectivity index is 1.94. The van der Waals surface area contributed by atoms with Gasteiger partial charge in [-0.25, -0.2) is 8.42 Å². The van der Waals surface area contributed by atoms with Crippen molar-refractivity contribution in [2.45, 2.75) is 90.3 Å². The van der Waals surface area contributed by atoms with Crippen LogP contribution in [0.15, 0.2) is 42.5 Å².